The lowest BCUT2D eigenvalue weighted by Crippen LogP contribution is -2.59. The zero-order valence-corrected chi connectivity index (χ0v) is 21.5. The van der Waals surface area contributed by atoms with Crippen molar-refractivity contribution in [2.75, 3.05) is 25.0 Å². The monoisotopic (exact) mass is 500 g/mol. The number of pyridine rings is 1. The van der Waals surface area contributed by atoms with E-state index in [1.165, 1.54) is 6.33 Å². The summed E-state index contributed by atoms with van der Waals surface area (Å²) in [6.07, 6.45) is 4.20. The number of benzene rings is 1. The Morgan fingerprint density at radius 2 is 1.97 bits per heavy atom. The molecule has 2 atom stereocenters. The third-order valence-corrected chi connectivity index (χ3v) is 7.08. The summed E-state index contributed by atoms with van der Waals surface area (Å²) in [4.78, 5) is 36.5. The molecule has 1 saturated heterocycles. The standard InChI is InChI=1S/C27H32N8O2/c1-17(34-11-12-35(26(36)37)23(15-34)27(2,3)4)18-7-10-29-24(14-18)33-25-31-21-6-5-19(13-22(21)32-25)20-8-9-28-16-30-20/h5-10,13-14,16-17,23H,11-12,15H2,1-4H3,(H,36,37)(H2,29,31,32,33). The molecule has 0 aliphatic carbocycles. The maximum absolute atomic E-state index is 11.8. The molecule has 3 aromatic heterocycles. The van der Waals surface area contributed by atoms with Gasteiger partial charge in [0.25, 0.3) is 0 Å². The fourth-order valence-corrected chi connectivity index (χ4v) is 4.92. The lowest BCUT2D eigenvalue weighted by atomic mass is 9.84. The SMILES string of the molecule is CC(c1ccnc(Nc2nc3ccc(-c4ccncn4)cc3[nH]2)c1)N1CCN(C(=O)O)C(C(C)(C)C)C1. The maximum Gasteiger partial charge on any atom is 0.407 e. The van der Waals surface area contributed by atoms with Crippen molar-refractivity contribution in [2.24, 2.45) is 5.41 Å². The molecule has 192 valence electrons. The van der Waals surface area contributed by atoms with Crippen molar-refractivity contribution in [3.63, 3.8) is 0 Å². The Hall–Kier alpha value is -4.05. The molecule has 5 rings (SSSR count). The van der Waals surface area contributed by atoms with Gasteiger partial charge in [0.1, 0.15) is 12.1 Å². The second kappa shape index (κ2) is 9.78. The zero-order chi connectivity index (χ0) is 26.2. The Morgan fingerprint density at radius 1 is 1.14 bits per heavy atom. The number of imidazole rings is 1. The van der Waals surface area contributed by atoms with Gasteiger partial charge >= 0.3 is 6.09 Å². The summed E-state index contributed by atoms with van der Waals surface area (Å²) >= 11 is 0. The van der Waals surface area contributed by atoms with Gasteiger partial charge in [-0.25, -0.2) is 24.7 Å². The van der Waals surface area contributed by atoms with Gasteiger partial charge in [-0.1, -0.05) is 26.8 Å². The number of nitrogens with one attached hydrogen (secondary N) is 2. The van der Waals surface area contributed by atoms with E-state index in [0.717, 1.165) is 27.9 Å². The van der Waals surface area contributed by atoms with Gasteiger partial charge < -0.3 is 20.3 Å². The van der Waals surface area contributed by atoms with Crippen LogP contribution >= 0.6 is 0 Å². The summed E-state index contributed by atoms with van der Waals surface area (Å²) in [7, 11) is 0. The summed E-state index contributed by atoms with van der Waals surface area (Å²) in [6, 6.07) is 11.9. The molecule has 37 heavy (non-hydrogen) atoms. The molecule has 0 radical (unpaired) electrons. The third kappa shape index (κ3) is 5.24. The van der Waals surface area contributed by atoms with E-state index >= 15 is 0 Å². The number of piperazine rings is 1. The normalized spacial score (nSPS) is 17.6. The Kier molecular flexibility index (Phi) is 6.51. The van der Waals surface area contributed by atoms with E-state index in [1.807, 2.05) is 36.4 Å². The second-order valence-corrected chi connectivity index (χ2v) is 10.5. The Bertz CT molecular complexity index is 1400. The van der Waals surface area contributed by atoms with E-state index < -0.39 is 6.09 Å². The largest absolute Gasteiger partial charge is 0.465 e. The molecular formula is C27H32N8O2. The number of aromatic amines is 1. The molecule has 0 spiro atoms. The van der Waals surface area contributed by atoms with Crippen LogP contribution < -0.4 is 5.32 Å². The number of hydrogen-bond acceptors (Lipinski definition) is 7. The van der Waals surface area contributed by atoms with E-state index in [9.17, 15) is 9.90 Å². The Morgan fingerprint density at radius 3 is 2.70 bits per heavy atom. The first-order chi connectivity index (χ1) is 17.7. The average Bonchev–Trinajstić information content (AvgIpc) is 3.29. The molecule has 10 nitrogen and oxygen atoms in total. The Balaban J connectivity index is 1.32. The molecule has 2 unspecified atom stereocenters. The highest BCUT2D eigenvalue weighted by molar-refractivity contribution is 5.83. The minimum Gasteiger partial charge on any atom is -0.465 e. The maximum atomic E-state index is 11.8. The van der Waals surface area contributed by atoms with E-state index in [2.05, 4.69) is 62.8 Å². The van der Waals surface area contributed by atoms with Gasteiger partial charge in [0.2, 0.25) is 5.95 Å². The molecule has 4 heterocycles. The smallest absolute Gasteiger partial charge is 0.407 e. The number of aromatic nitrogens is 5. The summed E-state index contributed by atoms with van der Waals surface area (Å²) in [6.45, 7) is 10.3. The molecule has 0 saturated carbocycles. The molecular weight excluding hydrogens is 468 g/mol. The number of nitrogens with zero attached hydrogens (tertiary/aromatic N) is 6. The molecule has 4 aromatic rings. The van der Waals surface area contributed by atoms with Crippen LogP contribution in [-0.4, -0.2) is 71.6 Å². The summed E-state index contributed by atoms with van der Waals surface area (Å²) in [5, 5.41) is 13.0. The number of carbonyl (C=O) groups is 1. The zero-order valence-electron chi connectivity index (χ0n) is 21.5. The molecule has 1 aliphatic rings. The van der Waals surface area contributed by atoms with Gasteiger partial charge in [0.15, 0.2) is 0 Å². The number of rotatable bonds is 5. The molecule has 1 aromatic carbocycles. The lowest BCUT2D eigenvalue weighted by Gasteiger charge is -2.47. The lowest BCUT2D eigenvalue weighted by molar-refractivity contribution is 0.00820. The van der Waals surface area contributed by atoms with Crippen LogP contribution in [-0.2, 0) is 0 Å². The number of carboxylic acid groups (broad SMARTS) is 1. The van der Waals surface area contributed by atoms with Crippen molar-refractivity contribution in [2.45, 2.75) is 39.8 Å². The first-order valence-electron chi connectivity index (χ1n) is 12.4. The quantitative estimate of drug-likeness (QED) is 0.352. The fraction of sp³-hybridized carbons (Fsp3) is 0.370. The van der Waals surface area contributed by atoms with Crippen LogP contribution in [0.15, 0.2) is 55.1 Å². The van der Waals surface area contributed by atoms with Crippen molar-refractivity contribution in [3.8, 4) is 11.3 Å². The molecule has 1 aliphatic heterocycles. The van der Waals surface area contributed by atoms with E-state index in [-0.39, 0.29) is 17.5 Å². The van der Waals surface area contributed by atoms with Crippen molar-refractivity contribution in [1.82, 2.24) is 34.7 Å². The topological polar surface area (TPSA) is 123 Å². The van der Waals surface area contributed by atoms with Crippen LogP contribution in [0.5, 0.6) is 0 Å². The second-order valence-electron chi connectivity index (χ2n) is 10.5. The molecule has 3 N–H and O–H groups in total. The van der Waals surface area contributed by atoms with Crippen molar-refractivity contribution in [1.29, 1.82) is 0 Å². The highest BCUT2D eigenvalue weighted by Crippen LogP contribution is 2.32. The first kappa shape index (κ1) is 24.6. The number of amides is 1. The van der Waals surface area contributed by atoms with Gasteiger partial charge in [-0.2, -0.15) is 0 Å². The Labute approximate surface area is 215 Å². The predicted molar refractivity (Wildman–Crippen MR) is 143 cm³/mol. The van der Waals surface area contributed by atoms with Crippen LogP contribution in [0, 0.1) is 5.41 Å². The minimum absolute atomic E-state index is 0.0802. The van der Waals surface area contributed by atoms with Gasteiger partial charge in [0.05, 0.1) is 22.8 Å². The van der Waals surface area contributed by atoms with E-state index in [0.29, 0.717) is 31.4 Å². The molecule has 1 amide bonds. The van der Waals surface area contributed by atoms with Crippen LogP contribution in [0.1, 0.15) is 39.3 Å². The average molecular weight is 501 g/mol. The summed E-state index contributed by atoms with van der Waals surface area (Å²) < 4.78 is 0. The van der Waals surface area contributed by atoms with Gasteiger partial charge in [-0.3, -0.25) is 4.90 Å². The van der Waals surface area contributed by atoms with Gasteiger partial charge in [-0.05, 0) is 48.2 Å². The highest BCUT2D eigenvalue weighted by Gasteiger charge is 2.39. The number of fused-ring (bicyclic) bond motifs is 1. The molecule has 10 heteroatoms. The van der Waals surface area contributed by atoms with Crippen molar-refractivity contribution < 1.29 is 9.90 Å². The van der Waals surface area contributed by atoms with Crippen LogP contribution in [0.2, 0.25) is 0 Å². The van der Waals surface area contributed by atoms with E-state index in [1.54, 1.807) is 17.3 Å². The van der Waals surface area contributed by atoms with Crippen LogP contribution in [0.3, 0.4) is 0 Å². The fourth-order valence-electron chi connectivity index (χ4n) is 4.92. The van der Waals surface area contributed by atoms with Crippen LogP contribution in [0.4, 0.5) is 16.6 Å². The summed E-state index contributed by atoms with van der Waals surface area (Å²) in [5.41, 5.74) is 4.52. The first-order valence-corrected chi connectivity index (χ1v) is 12.4. The summed E-state index contributed by atoms with van der Waals surface area (Å²) in [5.74, 6) is 1.30. The molecule has 1 fully saturated rings. The number of H-pyrrole nitrogens is 1. The highest BCUT2D eigenvalue weighted by atomic mass is 16.4. The number of hydrogen-bond donors (Lipinski definition) is 3. The van der Waals surface area contributed by atoms with Gasteiger partial charge in [0, 0.05) is 43.6 Å². The van der Waals surface area contributed by atoms with Crippen molar-refractivity contribution >= 4 is 28.9 Å². The number of anilines is 2. The van der Waals surface area contributed by atoms with Gasteiger partial charge in [-0.15, -0.1) is 0 Å². The molecule has 0 bridgehead atoms. The third-order valence-electron chi connectivity index (χ3n) is 7.08. The van der Waals surface area contributed by atoms with Crippen molar-refractivity contribution in [3.05, 3.63) is 60.7 Å². The van der Waals surface area contributed by atoms with E-state index in [4.69, 9.17) is 0 Å². The minimum atomic E-state index is -0.849. The van der Waals surface area contributed by atoms with Crippen LogP contribution in [0.25, 0.3) is 22.3 Å². The predicted octanol–water partition coefficient (Wildman–Crippen LogP) is 4.93.